The predicted octanol–water partition coefficient (Wildman–Crippen LogP) is 3.01. The second-order valence-electron chi connectivity index (χ2n) is 7.89. The number of anilines is 1. The van der Waals surface area contributed by atoms with Gasteiger partial charge in [0.15, 0.2) is 0 Å². The van der Waals surface area contributed by atoms with Gasteiger partial charge in [-0.25, -0.2) is 4.98 Å². The number of benzene rings is 2. The summed E-state index contributed by atoms with van der Waals surface area (Å²) in [7, 11) is 1.55. The van der Waals surface area contributed by atoms with E-state index in [4.69, 9.17) is 9.72 Å². The number of nitrogens with one attached hydrogen (secondary N) is 1. The zero-order valence-corrected chi connectivity index (χ0v) is 18.5. The second kappa shape index (κ2) is 9.78. The Kier molecular flexibility index (Phi) is 6.66. The van der Waals surface area contributed by atoms with Crippen LogP contribution in [0.1, 0.15) is 29.6 Å². The largest absolute Gasteiger partial charge is 0.495 e. The first-order valence-corrected chi connectivity index (χ1v) is 10.9. The van der Waals surface area contributed by atoms with Crippen LogP contribution in [0.5, 0.6) is 5.75 Å². The van der Waals surface area contributed by atoms with E-state index in [1.165, 1.54) is 10.1 Å². The minimum absolute atomic E-state index is 0.0843. The third-order valence-electron chi connectivity index (χ3n) is 5.72. The molecule has 32 heavy (non-hydrogen) atoms. The van der Waals surface area contributed by atoms with E-state index in [-0.39, 0.29) is 18.0 Å². The van der Waals surface area contributed by atoms with Crippen molar-refractivity contribution < 1.29 is 9.53 Å². The van der Waals surface area contributed by atoms with Gasteiger partial charge in [0, 0.05) is 32.5 Å². The number of para-hydroxylation sites is 2. The van der Waals surface area contributed by atoms with Gasteiger partial charge >= 0.3 is 0 Å². The SMILES string of the molecule is CCc1nc2c(c(=O)n1CC(=O)Nc1ccccc1OC)CN(Cc1ccccc1)CC2. The van der Waals surface area contributed by atoms with Crippen molar-refractivity contribution in [1.82, 2.24) is 14.5 Å². The highest BCUT2D eigenvalue weighted by Crippen LogP contribution is 2.23. The molecule has 2 aromatic carbocycles. The molecule has 0 fully saturated rings. The summed E-state index contributed by atoms with van der Waals surface area (Å²) >= 11 is 0. The highest BCUT2D eigenvalue weighted by atomic mass is 16.5. The molecule has 1 aromatic heterocycles. The molecule has 1 aliphatic rings. The molecule has 0 saturated heterocycles. The minimum Gasteiger partial charge on any atom is -0.495 e. The van der Waals surface area contributed by atoms with Crippen LogP contribution in [0.3, 0.4) is 0 Å². The average Bonchev–Trinajstić information content (AvgIpc) is 2.82. The molecule has 4 rings (SSSR count). The van der Waals surface area contributed by atoms with Gasteiger partial charge < -0.3 is 10.1 Å². The fraction of sp³-hybridized carbons (Fsp3) is 0.320. The fourth-order valence-electron chi connectivity index (χ4n) is 4.11. The predicted molar refractivity (Wildman–Crippen MR) is 124 cm³/mol. The molecule has 0 bridgehead atoms. The smallest absolute Gasteiger partial charge is 0.258 e. The van der Waals surface area contributed by atoms with Crippen LogP contribution in [0.4, 0.5) is 5.69 Å². The maximum absolute atomic E-state index is 13.4. The van der Waals surface area contributed by atoms with Crippen molar-refractivity contribution in [2.75, 3.05) is 19.0 Å². The van der Waals surface area contributed by atoms with Gasteiger partial charge in [-0.15, -0.1) is 0 Å². The molecule has 3 aromatic rings. The number of ether oxygens (including phenoxy) is 1. The van der Waals surface area contributed by atoms with Gasteiger partial charge in [0.25, 0.3) is 5.56 Å². The Morgan fingerprint density at radius 2 is 1.88 bits per heavy atom. The summed E-state index contributed by atoms with van der Waals surface area (Å²) in [6.45, 7) is 4.04. The first-order chi connectivity index (χ1) is 15.6. The quantitative estimate of drug-likeness (QED) is 0.621. The number of fused-ring (bicyclic) bond motifs is 1. The molecule has 0 atom stereocenters. The molecule has 0 unspecified atom stereocenters. The van der Waals surface area contributed by atoms with Gasteiger partial charge in [-0.3, -0.25) is 19.1 Å². The van der Waals surface area contributed by atoms with Crippen LogP contribution in [0.15, 0.2) is 59.4 Å². The number of amides is 1. The van der Waals surface area contributed by atoms with Crippen molar-refractivity contribution in [3.63, 3.8) is 0 Å². The van der Waals surface area contributed by atoms with Crippen molar-refractivity contribution in [2.24, 2.45) is 0 Å². The van der Waals surface area contributed by atoms with Gasteiger partial charge in [-0.1, -0.05) is 49.4 Å². The molecule has 0 saturated carbocycles. The van der Waals surface area contributed by atoms with E-state index in [2.05, 4.69) is 22.3 Å². The van der Waals surface area contributed by atoms with Crippen molar-refractivity contribution in [1.29, 1.82) is 0 Å². The Hall–Kier alpha value is -3.45. The van der Waals surface area contributed by atoms with Crippen molar-refractivity contribution in [3.8, 4) is 5.75 Å². The fourth-order valence-corrected chi connectivity index (χ4v) is 4.11. The molecule has 0 radical (unpaired) electrons. The summed E-state index contributed by atoms with van der Waals surface area (Å²) < 4.78 is 6.81. The molecule has 0 aliphatic carbocycles. The summed E-state index contributed by atoms with van der Waals surface area (Å²) in [5, 5.41) is 2.85. The van der Waals surface area contributed by atoms with Crippen molar-refractivity contribution >= 4 is 11.6 Å². The van der Waals surface area contributed by atoms with Crippen LogP contribution in [0.2, 0.25) is 0 Å². The number of methoxy groups -OCH3 is 1. The Morgan fingerprint density at radius 3 is 2.62 bits per heavy atom. The molecule has 2 heterocycles. The number of carbonyl (C=O) groups is 1. The number of hydrogen-bond acceptors (Lipinski definition) is 5. The number of hydrogen-bond donors (Lipinski definition) is 1. The van der Waals surface area contributed by atoms with Crippen LogP contribution >= 0.6 is 0 Å². The lowest BCUT2D eigenvalue weighted by Crippen LogP contribution is -2.40. The van der Waals surface area contributed by atoms with Crippen LogP contribution < -0.4 is 15.6 Å². The van der Waals surface area contributed by atoms with Crippen LogP contribution in [-0.2, 0) is 37.3 Å². The second-order valence-corrected chi connectivity index (χ2v) is 7.89. The Labute approximate surface area is 187 Å². The standard InChI is InChI=1S/C25H28N4O3/c1-3-23-26-20-13-14-28(15-18-9-5-4-6-10-18)16-19(20)25(31)29(23)17-24(30)27-21-11-7-8-12-22(21)32-2/h4-12H,3,13-17H2,1-2H3,(H,27,30). The summed E-state index contributed by atoms with van der Waals surface area (Å²) in [5.74, 6) is 0.925. The van der Waals surface area contributed by atoms with E-state index in [0.29, 0.717) is 35.8 Å². The Morgan fingerprint density at radius 1 is 1.12 bits per heavy atom. The van der Waals surface area contributed by atoms with Crippen LogP contribution in [-0.4, -0.2) is 34.0 Å². The van der Waals surface area contributed by atoms with Gasteiger partial charge in [0.05, 0.1) is 24.1 Å². The number of rotatable bonds is 7. The monoisotopic (exact) mass is 432 g/mol. The molecular formula is C25H28N4O3. The van der Waals surface area contributed by atoms with Gasteiger partial charge in [-0.2, -0.15) is 0 Å². The van der Waals surface area contributed by atoms with Gasteiger partial charge in [0.1, 0.15) is 18.1 Å². The summed E-state index contributed by atoms with van der Waals surface area (Å²) in [5.41, 5.74) is 3.21. The average molecular weight is 433 g/mol. The first-order valence-electron chi connectivity index (χ1n) is 10.9. The third-order valence-corrected chi connectivity index (χ3v) is 5.72. The molecule has 1 amide bonds. The normalized spacial score (nSPS) is 13.4. The highest BCUT2D eigenvalue weighted by molar-refractivity contribution is 5.92. The maximum Gasteiger partial charge on any atom is 0.258 e. The van der Waals surface area contributed by atoms with Gasteiger partial charge in [0.2, 0.25) is 5.91 Å². The first kappa shape index (κ1) is 21.8. The molecule has 166 valence electrons. The van der Waals surface area contributed by atoms with Crippen molar-refractivity contribution in [2.45, 2.75) is 39.4 Å². The topological polar surface area (TPSA) is 76.5 Å². The Bertz CT molecular complexity index is 1160. The highest BCUT2D eigenvalue weighted by Gasteiger charge is 2.24. The van der Waals surface area contributed by atoms with E-state index in [9.17, 15) is 9.59 Å². The number of carbonyl (C=O) groups excluding carboxylic acids is 1. The lowest BCUT2D eigenvalue weighted by molar-refractivity contribution is -0.116. The lowest BCUT2D eigenvalue weighted by Gasteiger charge is -2.28. The van der Waals surface area contributed by atoms with E-state index in [0.717, 1.165) is 25.2 Å². The Balaban J connectivity index is 1.56. The summed E-state index contributed by atoms with van der Waals surface area (Å²) in [6.07, 6.45) is 1.32. The van der Waals surface area contributed by atoms with E-state index < -0.39 is 0 Å². The molecular weight excluding hydrogens is 404 g/mol. The van der Waals surface area contributed by atoms with Gasteiger partial charge in [-0.05, 0) is 17.7 Å². The summed E-state index contributed by atoms with van der Waals surface area (Å²) in [4.78, 5) is 33.2. The van der Waals surface area contributed by atoms with Crippen molar-refractivity contribution in [3.05, 3.63) is 87.6 Å². The van der Waals surface area contributed by atoms with Crippen LogP contribution in [0, 0.1) is 0 Å². The molecule has 7 heteroatoms. The zero-order chi connectivity index (χ0) is 22.5. The zero-order valence-electron chi connectivity index (χ0n) is 18.5. The molecule has 1 aliphatic heterocycles. The number of aryl methyl sites for hydroxylation is 1. The summed E-state index contributed by atoms with van der Waals surface area (Å²) in [6, 6.07) is 17.4. The minimum atomic E-state index is -0.287. The van der Waals surface area contributed by atoms with E-state index >= 15 is 0 Å². The maximum atomic E-state index is 13.4. The lowest BCUT2D eigenvalue weighted by atomic mass is 10.1. The molecule has 0 spiro atoms. The number of nitrogens with zero attached hydrogens (tertiary/aromatic N) is 3. The third kappa shape index (κ3) is 4.73. The molecule has 7 nitrogen and oxygen atoms in total. The number of aromatic nitrogens is 2. The van der Waals surface area contributed by atoms with E-state index in [1.54, 1.807) is 19.2 Å². The van der Waals surface area contributed by atoms with E-state index in [1.807, 2.05) is 37.3 Å². The van der Waals surface area contributed by atoms with Crippen LogP contribution in [0.25, 0.3) is 0 Å². The molecule has 1 N–H and O–H groups in total.